The lowest BCUT2D eigenvalue weighted by atomic mass is 9.89. The summed E-state index contributed by atoms with van der Waals surface area (Å²) >= 11 is 12.3. The summed E-state index contributed by atoms with van der Waals surface area (Å²) in [7, 11) is 0. The summed E-state index contributed by atoms with van der Waals surface area (Å²) < 4.78 is 8.17. The second kappa shape index (κ2) is 12.4. The zero-order chi connectivity index (χ0) is 27.2. The van der Waals surface area contributed by atoms with Crippen LogP contribution in [0.1, 0.15) is 40.3 Å². The van der Waals surface area contributed by atoms with Gasteiger partial charge in [-0.2, -0.15) is 0 Å². The van der Waals surface area contributed by atoms with Crippen molar-refractivity contribution in [2.24, 2.45) is 0 Å². The smallest absolute Gasteiger partial charge is 0.221 e. The van der Waals surface area contributed by atoms with E-state index >= 15 is 0 Å². The molecule has 1 atom stereocenters. The van der Waals surface area contributed by atoms with Gasteiger partial charge >= 0.3 is 0 Å². The molecule has 5 nitrogen and oxygen atoms in total. The van der Waals surface area contributed by atoms with Crippen molar-refractivity contribution in [1.82, 2.24) is 14.7 Å². The van der Waals surface area contributed by atoms with Crippen molar-refractivity contribution < 1.29 is 9.53 Å². The average molecular weight is 559 g/mol. The Balaban J connectivity index is 1.37. The molecule has 2 aromatic heterocycles. The third-order valence-corrected chi connectivity index (χ3v) is 7.39. The van der Waals surface area contributed by atoms with Gasteiger partial charge in [0.15, 0.2) is 11.4 Å². The molecule has 5 aromatic rings. The molecule has 1 N–H and O–H groups in total. The summed E-state index contributed by atoms with van der Waals surface area (Å²) in [5.74, 6) is 0.463. The van der Waals surface area contributed by atoms with Crippen LogP contribution in [0, 0.1) is 6.92 Å². The molecule has 1 unspecified atom stereocenters. The number of ether oxygens (including phenoxy) is 1. The first-order valence-corrected chi connectivity index (χ1v) is 13.6. The summed E-state index contributed by atoms with van der Waals surface area (Å²) in [6, 6.07) is 27.5. The van der Waals surface area contributed by atoms with E-state index in [1.165, 1.54) is 0 Å². The number of rotatable bonds is 10. The Bertz CT molecular complexity index is 1580. The number of hydrogen-bond acceptors (Lipinski definition) is 3. The Hall–Kier alpha value is -3.80. The first kappa shape index (κ1) is 26.8. The van der Waals surface area contributed by atoms with Gasteiger partial charge in [0.2, 0.25) is 5.91 Å². The maximum Gasteiger partial charge on any atom is 0.221 e. The molecule has 0 spiro atoms. The van der Waals surface area contributed by atoms with Crippen LogP contribution in [0.5, 0.6) is 5.75 Å². The lowest BCUT2D eigenvalue weighted by Crippen LogP contribution is -2.28. The monoisotopic (exact) mass is 557 g/mol. The number of nitrogens with zero attached hydrogens (tertiary/aromatic N) is 2. The fraction of sp³-hybridized carbons (Fsp3) is 0.188. The normalized spacial score (nSPS) is 11.9. The third-order valence-electron chi connectivity index (χ3n) is 6.81. The number of aromatic nitrogens is 2. The van der Waals surface area contributed by atoms with Crippen molar-refractivity contribution in [2.75, 3.05) is 6.54 Å². The molecule has 0 saturated carbocycles. The van der Waals surface area contributed by atoms with E-state index in [-0.39, 0.29) is 18.2 Å². The molecule has 0 aliphatic carbocycles. The van der Waals surface area contributed by atoms with Gasteiger partial charge in [-0.25, -0.2) is 4.98 Å². The van der Waals surface area contributed by atoms with E-state index in [1.54, 1.807) is 12.1 Å². The SMILES string of the molecule is Cc1ccccc1C(CC(=O)NCCc1ccc(Cl)cc1Cl)c1cnc2c(OCc3ccccc3)cccn12. The number of fused-ring (bicyclic) bond motifs is 1. The van der Waals surface area contributed by atoms with Crippen LogP contribution in [0.15, 0.2) is 97.3 Å². The Morgan fingerprint density at radius 2 is 1.79 bits per heavy atom. The molecule has 39 heavy (non-hydrogen) atoms. The quantitative estimate of drug-likeness (QED) is 0.194. The van der Waals surface area contributed by atoms with E-state index in [0.29, 0.717) is 35.4 Å². The first-order chi connectivity index (χ1) is 19.0. The fourth-order valence-electron chi connectivity index (χ4n) is 4.78. The van der Waals surface area contributed by atoms with Gasteiger partial charge in [-0.1, -0.05) is 83.9 Å². The van der Waals surface area contributed by atoms with Crippen LogP contribution in [0.3, 0.4) is 0 Å². The van der Waals surface area contributed by atoms with Gasteiger partial charge < -0.3 is 14.5 Å². The highest BCUT2D eigenvalue weighted by Gasteiger charge is 2.24. The van der Waals surface area contributed by atoms with Crippen LogP contribution >= 0.6 is 23.2 Å². The minimum Gasteiger partial charge on any atom is -0.485 e. The number of aryl methyl sites for hydroxylation is 1. The molecule has 0 aliphatic rings. The van der Waals surface area contributed by atoms with Crippen molar-refractivity contribution in [1.29, 1.82) is 0 Å². The zero-order valence-electron chi connectivity index (χ0n) is 21.6. The number of carbonyl (C=O) groups is 1. The number of carbonyl (C=O) groups excluding carboxylic acids is 1. The zero-order valence-corrected chi connectivity index (χ0v) is 23.1. The van der Waals surface area contributed by atoms with E-state index in [1.807, 2.05) is 77.5 Å². The highest BCUT2D eigenvalue weighted by molar-refractivity contribution is 6.35. The number of hydrogen-bond donors (Lipinski definition) is 1. The minimum atomic E-state index is -0.190. The van der Waals surface area contributed by atoms with Crippen molar-refractivity contribution in [3.05, 3.63) is 135 Å². The van der Waals surface area contributed by atoms with Gasteiger partial charge in [0.05, 0.1) is 5.69 Å². The second-order valence-electron chi connectivity index (χ2n) is 9.47. The molecular formula is C32H29Cl2N3O2. The van der Waals surface area contributed by atoms with E-state index in [2.05, 4.69) is 24.4 Å². The van der Waals surface area contributed by atoms with Crippen molar-refractivity contribution >= 4 is 34.8 Å². The highest BCUT2D eigenvalue weighted by Crippen LogP contribution is 2.33. The van der Waals surface area contributed by atoms with Crippen LogP contribution in [0.2, 0.25) is 10.0 Å². The molecule has 7 heteroatoms. The van der Waals surface area contributed by atoms with Gasteiger partial charge in [-0.05, 0) is 59.9 Å². The molecule has 5 rings (SSSR count). The van der Waals surface area contributed by atoms with Crippen LogP contribution < -0.4 is 10.1 Å². The molecule has 0 aliphatic heterocycles. The molecule has 2 heterocycles. The van der Waals surface area contributed by atoms with Crippen LogP contribution in [0.25, 0.3) is 5.65 Å². The third kappa shape index (κ3) is 6.44. The first-order valence-electron chi connectivity index (χ1n) is 12.9. The number of imidazole rings is 1. The minimum absolute atomic E-state index is 0.0419. The Kier molecular flexibility index (Phi) is 8.50. The van der Waals surface area contributed by atoms with Crippen LogP contribution in [-0.4, -0.2) is 21.8 Å². The summed E-state index contributed by atoms with van der Waals surface area (Å²) in [4.78, 5) is 17.9. The average Bonchev–Trinajstić information content (AvgIpc) is 3.37. The Morgan fingerprint density at radius 1 is 1.00 bits per heavy atom. The van der Waals surface area contributed by atoms with Crippen LogP contribution in [-0.2, 0) is 17.8 Å². The maximum atomic E-state index is 13.2. The van der Waals surface area contributed by atoms with Gasteiger partial charge in [-0.3, -0.25) is 4.79 Å². The largest absolute Gasteiger partial charge is 0.485 e. The second-order valence-corrected chi connectivity index (χ2v) is 10.3. The summed E-state index contributed by atoms with van der Waals surface area (Å²) in [5, 5.41) is 4.26. The predicted octanol–water partition coefficient (Wildman–Crippen LogP) is 7.41. The van der Waals surface area contributed by atoms with Gasteiger partial charge in [0, 0.05) is 41.3 Å². The fourth-order valence-corrected chi connectivity index (χ4v) is 5.28. The number of nitrogens with one attached hydrogen (secondary N) is 1. The van der Waals surface area contributed by atoms with E-state index in [4.69, 9.17) is 32.9 Å². The van der Waals surface area contributed by atoms with Crippen molar-refractivity contribution in [2.45, 2.75) is 32.3 Å². The number of halogens is 2. The van der Waals surface area contributed by atoms with E-state index in [0.717, 1.165) is 33.6 Å². The molecule has 3 aromatic carbocycles. The summed E-state index contributed by atoms with van der Waals surface area (Å²) in [5.41, 5.74) is 5.89. The molecule has 198 valence electrons. The molecule has 0 bridgehead atoms. The summed E-state index contributed by atoms with van der Waals surface area (Å²) in [6.07, 6.45) is 4.72. The Morgan fingerprint density at radius 3 is 2.59 bits per heavy atom. The number of pyridine rings is 1. The van der Waals surface area contributed by atoms with Crippen molar-refractivity contribution in [3.63, 3.8) is 0 Å². The van der Waals surface area contributed by atoms with Gasteiger partial charge in [0.1, 0.15) is 6.61 Å². The standard InChI is InChI=1S/C32H29Cl2N3O2/c1-22-8-5-6-11-26(22)27(19-31(38)35-16-15-24-13-14-25(33)18-28(24)34)29-20-36-32-30(12-7-17-37(29)32)39-21-23-9-3-2-4-10-23/h2-14,17-18,20,27H,15-16,19,21H2,1H3,(H,35,38). The lowest BCUT2D eigenvalue weighted by Gasteiger charge is -2.20. The topological polar surface area (TPSA) is 55.6 Å². The maximum absolute atomic E-state index is 13.2. The van der Waals surface area contributed by atoms with Crippen LogP contribution in [0.4, 0.5) is 0 Å². The molecule has 1 amide bonds. The molecule has 0 fully saturated rings. The van der Waals surface area contributed by atoms with Gasteiger partial charge in [-0.15, -0.1) is 0 Å². The predicted molar refractivity (Wildman–Crippen MR) is 157 cm³/mol. The van der Waals surface area contributed by atoms with E-state index < -0.39 is 0 Å². The molecule has 0 radical (unpaired) electrons. The van der Waals surface area contributed by atoms with Crippen molar-refractivity contribution in [3.8, 4) is 5.75 Å². The van der Waals surface area contributed by atoms with E-state index in [9.17, 15) is 4.79 Å². The molecule has 0 saturated heterocycles. The lowest BCUT2D eigenvalue weighted by molar-refractivity contribution is -0.121. The number of amides is 1. The molecular weight excluding hydrogens is 529 g/mol. The summed E-state index contributed by atoms with van der Waals surface area (Å²) in [6.45, 7) is 3.00. The Labute approximate surface area is 238 Å². The number of benzene rings is 3. The van der Waals surface area contributed by atoms with Gasteiger partial charge in [0.25, 0.3) is 0 Å². The highest BCUT2D eigenvalue weighted by atomic mass is 35.5.